The van der Waals surface area contributed by atoms with E-state index in [1.807, 2.05) is 6.07 Å². The number of nitrogens with zero attached hydrogens (tertiary/aromatic N) is 3. The molecule has 0 radical (unpaired) electrons. The van der Waals surface area contributed by atoms with Crippen molar-refractivity contribution in [3.05, 3.63) is 17.4 Å². The van der Waals surface area contributed by atoms with Gasteiger partial charge in [-0.1, -0.05) is 18.5 Å². The molecule has 1 aromatic heterocycles. The normalized spacial score (nSPS) is 26.7. The summed E-state index contributed by atoms with van der Waals surface area (Å²) in [4.78, 5) is 2.36. The van der Waals surface area contributed by atoms with Crippen LogP contribution >= 0.6 is 11.6 Å². The van der Waals surface area contributed by atoms with Gasteiger partial charge in [0, 0.05) is 18.7 Å². The molecule has 1 aliphatic rings. The molecule has 0 saturated carbocycles. The molecule has 4 nitrogen and oxygen atoms in total. The second-order valence-corrected chi connectivity index (χ2v) is 4.93. The molecule has 1 N–H and O–H groups in total. The van der Waals surface area contributed by atoms with Crippen LogP contribution in [0.2, 0.25) is 5.15 Å². The second-order valence-electron chi connectivity index (χ2n) is 4.55. The molecule has 88 valence electrons. The van der Waals surface area contributed by atoms with Crippen LogP contribution in [-0.2, 0) is 0 Å². The molecular weight excluding hydrogens is 224 g/mol. The third kappa shape index (κ3) is 2.83. The molecule has 0 aliphatic carbocycles. The van der Waals surface area contributed by atoms with E-state index in [-0.39, 0.29) is 0 Å². The molecular formula is C11H17ClN4. The predicted molar refractivity (Wildman–Crippen MR) is 65.7 cm³/mol. The van der Waals surface area contributed by atoms with Crippen LogP contribution in [0.25, 0.3) is 0 Å². The zero-order valence-electron chi connectivity index (χ0n) is 9.65. The van der Waals surface area contributed by atoms with Gasteiger partial charge in [-0.3, -0.25) is 0 Å². The number of anilines is 1. The third-order valence-electron chi connectivity index (χ3n) is 3.09. The van der Waals surface area contributed by atoms with Crippen LogP contribution in [0.5, 0.6) is 0 Å². The van der Waals surface area contributed by atoms with E-state index in [4.69, 9.17) is 11.6 Å². The monoisotopic (exact) mass is 240 g/mol. The van der Waals surface area contributed by atoms with Gasteiger partial charge in [-0.15, -0.1) is 5.10 Å². The van der Waals surface area contributed by atoms with E-state index in [9.17, 15) is 0 Å². The Morgan fingerprint density at radius 1 is 1.56 bits per heavy atom. The Morgan fingerprint density at radius 2 is 2.38 bits per heavy atom. The molecule has 0 amide bonds. The van der Waals surface area contributed by atoms with Gasteiger partial charge in [-0.05, 0) is 25.9 Å². The highest BCUT2D eigenvalue weighted by molar-refractivity contribution is 6.29. The molecule has 1 fully saturated rings. The molecule has 2 heterocycles. The van der Waals surface area contributed by atoms with E-state index in [2.05, 4.69) is 34.4 Å². The molecule has 5 heteroatoms. The lowest BCUT2D eigenvalue weighted by molar-refractivity contribution is 0.206. The zero-order valence-corrected chi connectivity index (χ0v) is 10.4. The minimum absolute atomic E-state index is 0.436. The Labute approximate surface area is 101 Å². The van der Waals surface area contributed by atoms with E-state index in [1.54, 1.807) is 6.20 Å². The highest BCUT2D eigenvalue weighted by Gasteiger charge is 2.23. The van der Waals surface area contributed by atoms with Crippen molar-refractivity contribution < 1.29 is 0 Å². The number of hydrogen-bond donors (Lipinski definition) is 1. The minimum Gasteiger partial charge on any atom is -0.381 e. The summed E-state index contributed by atoms with van der Waals surface area (Å²) < 4.78 is 0. The summed E-state index contributed by atoms with van der Waals surface area (Å²) in [6, 6.07) is 2.32. The van der Waals surface area contributed by atoms with Gasteiger partial charge in [-0.2, -0.15) is 5.10 Å². The average Bonchev–Trinajstić information content (AvgIpc) is 2.22. The fourth-order valence-electron chi connectivity index (χ4n) is 2.20. The molecule has 2 atom stereocenters. The Kier molecular flexibility index (Phi) is 3.61. The number of aromatic nitrogens is 2. The summed E-state index contributed by atoms with van der Waals surface area (Å²) >= 11 is 5.80. The fraction of sp³-hybridized carbons (Fsp3) is 0.636. The van der Waals surface area contributed by atoms with Crippen molar-refractivity contribution in [1.82, 2.24) is 15.1 Å². The van der Waals surface area contributed by atoms with Crippen LogP contribution in [0.3, 0.4) is 0 Å². The molecule has 0 aromatic carbocycles. The lowest BCUT2D eigenvalue weighted by Gasteiger charge is -2.35. The van der Waals surface area contributed by atoms with E-state index in [0.29, 0.717) is 17.1 Å². The molecule has 1 aromatic rings. The predicted octanol–water partition coefficient (Wildman–Crippen LogP) is 1.88. The van der Waals surface area contributed by atoms with Crippen molar-refractivity contribution in [2.45, 2.75) is 19.4 Å². The number of halogens is 1. The summed E-state index contributed by atoms with van der Waals surface area (Å²) in [6.45, 7) is 4.53. The van der Waals surface area contributed by atoms with Crippen LogP contribution in [0.1, 0.15) is 13.3 Å². The fourth-order valence-corrected chi connectivity index (χ4v) is 2.36. The van der Waals surface area contributed by atoms with Crippen molar-refractivity contribution in [1.29, 1.82) is 0 Å². The SMILES string of the molecule is CC1CN(C)CCC1Nc1cnnc(Cl)c1. The van der Waals surface area contributed by atoms with Crippen LogP contribution in [-0.4, -0.2) is 41.3 Å². The maximum absolute atomic E-state index is 5.80. The van der Waals surface area contributed by atoms with E-state index in [0.717, 1.165) is 25.2 Å². The van der Waals surface area contributed by atoms with Gasteiger partial charge in [0.2, 0.25) is 0 Å². The van der Waals surface area contributed by atoms with Crippen LogP contribution < -0.4 is 5.32 Å². The Morgan fingerprint density at radius 3 is 3.06 bits per heavy atom. The van der Waals surface area contributed by atoms with Gasteiger partial charge in [0.25, 0.3) is 0 Å². The van der Waals surface area contributed by atoms with Gasteiger partial charge >= 0.3 is 0 Å². The largest absolute Gasteiger partial charge is 0.381 e. The maximum Gasteiger partial charge on any atom is 0.153 e. The van der Waals surface area contributed by atoms with Gasteiger partial charge < -0.3 is 10.2 Å². The number of rotatable bonds is 2. The highest BCUT2D eigenvalue weighted by atomic mass is 35.5. The first-order valence-electron chi connectivity index (χ1n) is 5.58. The third-order valence-corrected chi connectivity index (χ3v) is 3.27. The summed E-state index contributed by atoms with van der Waals surface area (Å²) in [7, 11) is 2.16. The first-order valence-corrected chi connectivity index (χ1v) is 5.96. The molecule has 1 saturated heterocycles. The zero-order chi connectivity index (χ0) is 11.5. The summed E-state index contributed by atoms with van der Waals surface area (Å²) in [5.74, 6) is 0.630. The molecule has 2 unspecified atom stereocenters. The van der Waals surface area contributed by atoms with Crippen LogP contribution in [0, 0.1) is 5.92 Å². The Balaban J connectivity index is 1.99. The Bertz CT molecular complexity index is 358. The number of likely N-dealkylation sites (tertiary alicyclic amines) is 1. The lowest BCUT2D eigenvalue weighted by atomic mass is 9.94. The van der Waals surface area contributed by atoms with Crippen molar-refractivity contribution in [2.24, 2.45) is 5.92 Å². The molecule has 2 rings (SSSR count). The quantitative estimate of drug-likeness (QED) is 0.857. The molecule has 16 heavy (non-hydrogen) atoms. The number of hydrogen-bond acceptors (Lipinski definition) is 4. The van der Waals surface area contributed by atoms with Crippen molar-refractivity contribution in [3.63, 3.8) is 0 Å². The van der Waals surface area contributed by atoms with Gasteiger partial charge in [-0.25, -0.2) is 0 Å². The second kappa shape index (κ2) is 4.97. The first kappa shape index (κ1) is 11.6. The van der Waals surface area contributed by atoms with E-state index in [1.165, 1.54) is 0 Å². The lowest BCUT2D eigenvalue weighted by Crippen LogP contribution is -2.43. The van der Waals surface area contributed by atoms with E-state index >= 15 is 0 Å². The summed E-state index contributed by atoms with van der Waals surface area (Å²) in [5, 5.41) is 11.5. The van der Waals surface area contributed by atoms with Crippen LogP contribution in [0.15, 0.2) is 12.3 Å². The molecule has 0 spiro atoms. The molecule has 0 bridgehead atoms. The topological polar surface area (TPSA) is 41.0 Å². The maximum atomic E-state index is 5.80. The Hall–Kier alpha value is -0.870. The van der Waals surface area contributed by atoms with Crippen molar-refractivity contribution in [2.75, 3.05) is 25.5 Å². The minimum atomic E-state index is 0.436. The van der Waals surface area contributed by atoms with Crippen LogP contribution in [0.4, 0.5) is 5.69 Å². The van der Waals surface area contributed by atoms with Crippen molar-refractivity contribution in [3.8, 4) is 0 Å². The highest BCUT2D eigenvalue weighted by Crippen LogP contribution is 2.20. The standard InChI is InChI=1S/C11H17ClN4/c1-8-7-16(2)4-3-10(8)14-9-5-11(12)15-13-6-9/h5-6,8,10H,3-4,7H2,1-2H3,(H,14,15). The summed E-state index contributed by atoms with van der Waals surface area (Å²) in [5.41, 5.74) is 0.960. The number of piperidine rings is 1. The average molecular weight is 241 g/mol. The molecule has 1 aliphatic heterocycles. The number of nitrogens with one attached hydrogen (secondary N) is 1. The van der Waals surface area contributed by atoms with Crippen molar-refractivity contribution >= 4 is 17.3 Å². The summed E-state index contributed by atoms with van der Waals surface area (Å²) in [6.07, 6.45) is 2.87. The first-order chi connectivity index (χ1) is 7.65. The van der Waals surface area contributed by atoms with Gasteiger partial charge in [0.15, 0.2) is 5.15 Å². The van der Waals surface area contributed by atoms with Gasteiger partial charge in [0.1, 0.15) is 0 Å². The van der Waals surface area contributed by atoms with E-state index < -0.39 is 0 Å². The smallest absolute Gasteiger partial charge is 0.153 e. The van der Waals surface area contributed by atoms with Gasteiger partial charge in [0.05, 0.1) is 11.9 Å².